The van der Waals surface area contributed by atoms with E-state index >= 15 is 0 Å². The molecule has 12 rings (SSSR count). The number of allylic oxidation sites excluding steroid dienone is 28. The van der Waals surface area contributed by atoms with Gasteiger partial charge in [0.1, 0.15) is 0 Å². The number of rotatable bonds is 7. The van der Waals surface area contributed by atoms with Crippen LogP contribution in [0.15, 0.2) is 201 Å². The van der Waals surface area contributed by atoms with Crippen molar-refractivity contribution in [3.63, 3.8) is 0 Å². The average Bonchev–Trinajstić information content (AvgIpc) is 3.87. The van der Waals surface area contributed by atoms with Gasteiger partial charge in [-0.1, -0.05) is 165 Å². The largest absolute Gasteiger partial charge is 0.0839 e. The van der Waals surface area contributed by atoms with Gasteiger partial charge >= 0.3 is 0 Å². The summed E-state index contributed by atoms with van der Waals surface area (Å²) in [5.74, 6) is 2.12. The molecule has 0 nitrogen and oxygen atoms in total. The maximum absolute atomic E-state index is 2.77. The quantitative estimate of drug-likeness (QED) is 0.262. The molecule has 0 saturated carbocycles. The molecule has 10 aliphatic rings. The minimum atomic E-state index is -0.165. The van der Waals surface area contributed by atoms with Crippen LogP contribution < -0.4 is 0 Å². The number of benzene rings is 2. The second kappa shape index (κ2) is 14.7. The second-order valence-corrected chi connectivity index (χ2v) is 20.2. The molecule has 0 saturated heterocycles. The van der Waals surface area contributed by atoms with E-state index in [1.165, 1.54) is 59.1 Å². The van der Waals surface area contributed by atoms with Gasteiger partial charge in [-0.25, -0.2) is 0 Å². The van der Waals surface area contributed by atoms with E-state index in [2.05, 4.69) is 160 Å². The Morgan fingerprint density at radius 3 is 2.26 bits per heavy atom. The molecule has 2 aromatic carbocycles. The number of fused-ring (bicyclic) bond motifs is 9. The maximum Gasteiger partial charge on any atom is 0.0715 e. The van der Waals surface area contributed by atoms with E-state index in [0.717, 1.165) is 57.8 Å². The van der Waals surface area contributed by atoms with Crippen LogP contribution in [0, 0.1) is 29.1 Å². The summed E-state index contributed by atoms with van der Waals surface area (Å²) in [7, 11) is 0. The van der Waals surface area contributed by atoms with Gasteiger partial charge in [0, 0.05) is 5.92 Å². The maximum atomic E-state index is 2.77. The predicted octanol–water partition coefficient (Wildman–Crippen LogP) is 15.6. The summed E-state index contributed by atoms with van der Waals surface area (Å²) in [6.07, 6.45) is 54.4. The zero-order valence-corrected chi connectivity index (χ0v) is 36.4. The highest BCUT2D eigenvalue weighted by molar-refractivity contribution is 5.92. The lowest BCUT2D eigenvalue weighted by molar-refractivity contribution is 0.335. The first-order chi connectivity index (χ1) is 30.0. The van der Waals surface area contributed by atoms with Crippen LogP contribution in [0.4, 0.5) is 0 Å². The van der Waals surface area contributed by atoms with E-state index in [1.807, 2.05) is 0 Å². The molecule has 5 atom stereocenters. The van der Waals surface area contributed by atoms with Gasteiger partial charge in [0.05, 0.1) is 5.41 Å². The van der Waals surface area contributed by atoms with E-state index in [4.69, 9.17) is 0 Å². The van der Waals surface area contributed by atoms with E-state index in [0.29, 0.717) is 23.7 Å². The van der Waals surface area contributed by atoms with Gasteiger partial charge in [-0.05, 0) is 190 Å². The first kappa shape index (κ1) is 37.6. The molecule has 10 aliphatic carbocycles. The summed E-state index contributed by atoms with van der Waals surface area (Å²) in [4.78, 5) is 0. The molecule has 5 unspecified atom stereocenters. The lowest BCUT2D eigenvalue weighted by Gasteiger charge is -2.36. The Labute approximate surface area is 365 Å². The highest BCUT2D eigenvalue weighted by Gasteiger charge is 2.54. The monoisotopic (exact) mass is 792 g/mol. The summed E-state index contributed by atoms with van der Waals surface area (Å²) in [5.41, 5.74) is 25.2. The fraction of sp³-hybridized carbons (Fsp3) is 0.344. The molecular formula is C61H60. The number of hydrogen-bond acceptors (Lipinski definition) is 0. The zero-order chi connectivity index (χ0) is 40.7. The molecule has 0 bridgehead atoms. The molecular weight excluding hydrogens is 733 g/mol. The third-order valence-electron chi connectivity index (χ3n) is 16.8. The normalized spacial score (nSPS) is 29.2. The van der Waals surface area contributed by atoms with Gasteiger partial charge in [-0.3, -0.25) is 0 Å². The first-order valence-electron chi connectivity index (χ1n) is 24.0. The number of hydrogen-bond donors (Lipinski definition) is 0. The second-order valence-electron chi connectivity index (χ2n) is 20.2. The fourth-order valence-corrected chi connectivity index (χ4v) is 13.9. The minimum absolute atomic E-state index is 0.165. The Bertz CT molecular complexity index is 2680. The summed E-state index contributed by atoms with van der Waals surface area (Å²) >= 11 is 0. The van der Waals surface area contributed by atoms with Crippen molar-refractivity contribution in [2.24, 2.45) is 29.1 Å². The van der Waals surface area contributed by atoms with E-state index < -0.39 is 0 Å². The van der Waals surface area contributed by atoms with Crippen LogP contribution in [0.3, 0.4) is 0 Å². The Kier molecular flexibility index (Phi) is 9.06. The molecule has 0 heterocycles. The van der Waals surface area contributed by atoms with Crippen LogP contribution in [0.25, 0.3) is 11.1 Å². The fourth-order valence-electron chi connectivity index (χ4n) is 13.9. The van der Waals surface area contributed by atoms with Gasteiger partial charge in [0.25, 0.3) is 0 Å². The smallest absolute Gasteiger partial charge is 0.0715 e. The van der Waals surface area contributed by atoms with E-state index in [1.54, 1.807) is 55.7 Å². The highest BCUT2D eigenvalue weighted by Crippen LogP contribution is 2.65. The van der Waals surface area contributed by atoms with Crippen LogP contribution in [0.5, 0.6) is 0 Å². The van der Waals surface area contributed by atoms with Gasteiger partial charge in [0.2, 0.25) is 0 Å². The van der Waals surface area contributed by atoms with Gasteiger partial charge in [-0.15, -0.1) is 0 Å². The Hall–Kier alpha value is -5.20. The lowest BCUT2D eigenvalue weighted by atomic mass is 9.65. The van der Waals surface area contributed by atoms with Crippen molar-refractivity contribution in [1.82, 2.24) is 0 Å². The molecule has 0 aliphatic heterocycles. The SMILES string of the molecule is CC1(C)C2=C(CC(C(CC3=CC4=C(CC3)C3=C(C=CCC3)C43C4=C(CCC=C4)c4ccccc43)Cc3ccc(C4=CCCC=C4C4C=CC=CC4)cc3)C=C2)C2=CC=CCC21. The Morgan fingerprint density at radius 2 is 1.41 bits per heavy atom. The highest BCUT2D eigenvalue weighted by atomic mass is 14.6. The summed E-state index contributed by atoms with van der Waals surface area (Å²) < 4.78 is 0. The van der Waals surface area contributed by atoms with Crippen LogP contribution in [0.1, 0.15) is 113 Å². The molecule has 2 aromatic rings. The Morgan fingerprint density at radius 1 is 0.623 bits per heavy atom. The molecule has 1 spiro atoms. The van der Waals surface area contributed by atoms with Gasteiger partial charge in [0.15, 0.2) is 0 Å². The molecule has 0 heteroatoms. The third kappa shape index (κ3) is 5.84. The van der Waals surface area contributed by atoms with Crippen molar-refractivity contribution < 1.29 is 0 Å². The van der Waals surface area contributed by atoms with E-state index in [9.17, 15) is 0 Å². The molecule has 0 aromatic heterocycles. The molecule has 0 N–H and O–H groups in total. The molecule has 61 heavy (non-hydrogen) atoms. The van der Waals surface area contributed by atoms with Crippen LogP contribution in [-0.2, 0) is 11.8 Å². The zero-order valence-electron chi connectivity index (χ0n) is 36.4. The third-order valence-corrected chi connectivity index (χ3v) is 16.8. The minimum Gasteiger partial charge on any atom is -0.0839 e. The van der Waals surface area contributed by atoms with Crippen LogP contribution in [0.2, 0.25) is 0 Å². The molecule has 0 fully saturated rings. The first-order valence-corrected chi connectivity index (χ1v) is 24.0. The van der Waals surface area contributed by atoms with Crippen molar-refractivity contribution >= 4 is 11.1 Å². The van der Waals surface area contributed by atoms with Crippen molar-refractivity contribution in [1.29, 1.82) is 0 Å². The van der Waals surface area contributed by atoms with Gasteiger partial charge < -0.3 is 0 Å². The summed E-state index contributed by atoms with van der Waals surface area (Å²) in [5, 5.41) is 0. The summed E-state index contributed by atoms with van der Waals surface area (Å²) in [6.45, 7) is 5.00. The Balaban J connectivity index is 0.909. The van der Waals surface area contributed by atoms with Gasteiger partial charge in [-0.2, -0.15) is 0 Å². The van der Waals surface area contributed by atoms with E-state index in [-0.39, 0.29) is 10.8 Å². The van der Waals surface area contributed by atoms with Crippen molar-refractivity contribution in [2.75, 3.05) is 0 Å². The van der Waals surface area contributed by atoms with Crippen molar-refractivity contribution in [3.8, 4) is 0 Å². The molecule has 0 amide bonds. The van der Waals surface area contributed by atoms with Crippen molar-refractivity contribution in [3.05, 3.63) is 224 Å². The predicted molar refractivity (Wildman–Crippen MR) is 256 cm³/mol. The topological polar surface area (TPSA) is 0 Å². The average molecular weight is 793 g/mol. The van der Waals surface area contributed by atoms with Crippen molar-refractivity contribution in [2.45, 2.75) is 103 Å². The standard InChI is InChI=1S/C61H60/c1-60(2)54-24-12-8-23-51(54)53-39-44(33-35-55(53)60)45(36-40-28-31-43(32-29-40)47-19-7-6-18-46(47)42-16-4-3-5-17-42)37-41-30-34-52-50-22-11-15-27-58(50)61(59(52)38-41)56-25-13-9-20-48(56)49-21-10-14-26-57(49)61/h3-5,8-9,12-16,18-20,23,25-29,31-33,35,38,42,44-45,54H,6-7,10-11,17,21-22,24,30,34,36-37,39H2,1-2H3. The molecule has 304 valence electrons. The molecule has 0 radical (unpaired) electrons. The summed E-state index contributed by atoms with van der Waals surface area (Å²) in [6, 6.07) is 19.3. The lowest BCUT2D eigenvalue weighted by Crippen LogP contribution is -2.29. The van der Waals surface area contributed by atoms with Crippen LogP contribution in [-0.4, -0.2) is 0 Å². The van der Waals surface area contributed by atoms with Crippen LogP contribution >= 0.6 is 0 Å².